The van der Waals surface area contributed by atoms with Crippen LogP contribution in [0.3, 0.4) is 0 Å². The van der Waals surface area contributed by atoms with E-state index in [-0.39, 0.29) is 22.5 Å². The number of carbonyl (C=O) groups excluding carboxylic acids is 1. The fourth-order valence-corrected chi connectivity index (χ4v) is 9.70. The van der Waals surface area contributed by atoms with Crippen LogP contribution in [0.1, 0.15) is 159 Å². The van der Waals surface area contributed by atoms with E-state index in [0.29, 0.717) is 50.3 Å². The minimum absolute atomic E-state index is 0.107. The molecule has 1 aromatic heterocycles. The van der Waals surface area contributed by atoms with Crippen LogP contribution in [0.5, 0.6) is 0 Å². The second-order valence-corrected chi connectivity index (χ2v) is 20.3. The van der Waals surface area contributed by atoms with E-state index in [0.717, 1.165) is 94.1 Å². The number of Topliss-reactive ketones (excluding diaryl/α,β-unsaturated/α-hetero) is 1. The van der Waals surface area contributed by atoms with E-state index in [4.69, 9.17) is 5.11 Å². The Hall–Kier alpha value is -5.27. The number of ketones is 1. The molecule has 2 aliphatic heterocycles. The standard InChI is InChI=1S/C53H71N5O7S/c1-7-8-35-57-44-33-31-39(2)37-42(44)52(3,4)46(57)26-18-10-9-11-19-27-47-53(5,6)43-38-41(66(63,64)65)32-34-45(43)58(47)36-23-15-17-25-40(59)24-16-14-21-29-49-54-48(55-51(62)56-49)28-20-12-13-22-30-50(60)61/h9-11,18-19,26-27,31-34,37-38H,7-8,12-17,20-25,28-30,35-36H2,1-6H3,(H2-,54,55,56,60,61,62,63,64,65)/p+1. The van der Waals surface area contributed by atoms with Crippen LogP contribution in [0.2, 0.25) is 0 Å². The molecule has 0 radical (unpaired) electrons. The van der Waals surface area contributed by atoms with Crippen LogP contribution in [-0.4, -0.2) is 68.2 Å². The van der Waals surface area contributed by atoms with Crippen molar-refractivity contribution in [1.82, 2.24) is 15.0 Å². The fourth-order valence-electron chi connectivity index (χ4n) is 9.19. The highest BCUT2D eigenvalue weighted by molar-refractivity contribution is 7.85. The predicted molar refractivity (Wildman–Crippen MR) is 264 cm³/mol. The van der Waals surface area contributed by atoms with Gasteiger partial charge in [-0.05, 0) is 95.6 Å². The highest BCUT2D eigenvalue weighted by atomic mass is 32.2. The molecule has 0 aliphatic carbocycles. The Kier molecular flexibility index (Phi) is 18.8. The zero-order valence-corrected chi connectivity index (χ0v) is 40.9. The second-order valence-electron chi connectivity index (χ2n) is 18.9. The summed E-state index contributed by atoms with van der Waals surface area (Å²) in [5, 5.41) is 8.78. The first-order valence-corrected chi connectivity index (χ1v) is 25.4. The van der Waals surface area contributed by atoms with Gasteiger partial charge in [0.25, 0.3) is 10.1 Å². The van der Waals surface area contributed by atoms with Gasteiger partial charge in [0.2, 0.25) is 5.69 Å². The lowest BCUT2D eigenvalue weighted by Crippen LogP contribution is -2.28. The Labute approximate surface area is 392 Å². The molecular weight excluding hydrogens is 851 g/mol. The van der Waals surface area contributed by atoms with Crippen molar-refractivity contribution in [2.45, 2.75) is 166 Å². The molecule has 13 heteroatoms. The van der Waals surface area contributed by atoms with Crippen molar-refractivity contribution < 1.29 is 32.2 Å². The van der Waals surface area contributed by atoms with Gasteiger partial charge in [0.1, 0.15) is 24.0 Å². The highest BCUT2D eigenvalue weighted by Gasteiger charge is 2.45. The number of carboxylic acids is 1. The predicted octanol–water partition coefficient (Wildman–Crippen LogP) is 10.8. The molecule has 2 aromatic carbocycles. The SMILES string of the molecule is CCCCN1C(=CC=CC=CC=CC2=[N+](CCCCCC(=O)CCCCCc3nc(CCCCCCC(=O)O)nc(=O)[nH]3)c3ccc(S(=O)(=O)O)cc3C2(C)C)C(C)(C)c2cc(C)ccc21. The van der Waals surface area contributed by atoms with Crippen molar-refractivity contribution in [2.75, 3.05) is 18.0 Å². The Bertz CT molecular complexity index is 2510. The first-order valence-electron chi connectivity index (χ1n) is 24.0. The van der Waals surface area contributed by atoms with Crippen molar-refractivity contribution in [2.24, 2.45) is 0 Å². The summed E-state index contributed by atoms with van der Waals surface area (Å²) < 4.78 is 36.4. The van der Waals surface area contributed by atoms with Gasteiger partial charge in [0.15, 0.2) is 5.71 Å². The van der Waals surface area contributed by atoms with Crippen molar-refractivity contribution >= 4 is 39.0 Å². The quantitative estimate of drug-likeness (QED) is 0.0289. The minimum atomic E-state index is -4.38. The highest BCUT2D eigenvalue weighted by Crippen LogP contribution is 2.48. The van der Waals surface area contributed by atoms with Gasteiger partial charge in [-0.2, -0.15) is 18.0 Å². The molecule has 3 N–H and O–H groups in total. The number of aryl methyl sites for hydroxylation is 3. The molecule has 0 amide bonds. The minimum Gasteiger partial charge on any atom is -0.481 e. The number of hydrogen-bond acceptors (Lipinski definition) is 8. The van der Waals surface area contributed by atoms with Crippen LogP contribution < -0.4 is 10.6 Å². The van der Waals surface area contributed by atoms with Gasteiger partial charge >= 0.3 is 11.7 Å². The molecule has 3 heterocycles. The smallest absolute Gasteiger partial charge is 0.348 e. The summed E-state index contributed by atoms with van der Waals surface area (Å²) in [6.45, 7) is 14.8. The number of H-pyrrole nitrogens is 1. The van der Waals surface area contributed by atoms with Gasteiger partial charge in [-0.25, -0.2) is 9.78 Å². The Balaban J connectivity index is 1.13. The molecule has 356 valence electrons. The molecule has 5 rings (SSSR count). The van der Waals surface area contributed by atoms with Crippen LogP contribution in [0.4, 0.5) is 11.4 Å². The number of fused-ring (bicyclic) bond motifs is 2. The molecule has 0 atom stereocenters. The fraction of sp³-hybridized carbons (Fsp3) is 0.509. The largest absolute Gasteiger partial charge is 0.481 e. The maximum absolute atomic E-state index is 12.8. The number of aromatic amines is 1. The number of allylic oxidation sites excluding steroid dienone is 8. The summed E-state index contributed by atoms with van der Waals surface area (Å²) in [4.78, 5) is 49.2. The van der Waals surface area contributed by atoms with E-state index in [1.54, 1.807) is 12.1 Å². The Morgan fingerprint density at radius 3 is 2.17 bits per heavy atom. The van der Waals surface area contributed by atoms with Crippen LogP contribution in [0, 0.1) is 6.92 Å². The molecule has 0 saturated carbocycles. The number of nitrogens with one attached hydrogen (secondary N) is 1. The van der Waals surface area contributed by atoms with Crippen molar-refractivity contribution in [3.8, 4) is 0 Å². The topological polar surface area (TPSA) is 174 Å². The van der Waals surface area contributed by atoms with Crippen LogP contribution in [-0.2, 0) is 43.4 Å². The third-order valence-corrected chi connectivity index (χ3v) is 13.7. The van der Waals surface area contributed by atoms with Gasteiger partial charge in [-0.1, -0.05) is 94.5 Å². The zero-order valence-electron chi connectivity index (χ0n) is 40.1. The number of anilines is 1. The third-order valence-electron chi connectivity index (χ3n) is 12.9. The number of carboxylic acid groups (broad SMARTS) is 1. The van der Waals surface area contributed by atoms with Crippen molar-refractivity contribution in [3.05, 3.63) is 123 Å². The average molecular weight is 923 g/mol. The summed E-state index contributed by atoms with van der Waals surface area (Å²) in [6, 6.07) is 11.6. The lowest BCUT2D eigenvalue weighted by molar-refractivity contribution is -0.438. The van der Waals surface area contributed by atoms with Gasteiger partial charge in [0.05, 0.1) is 10.3 Å². The molecule has 2 aliphatic rings. The maximum Gasteiger partial charge on any atom is 0.348 e. The molecule has 66 heavy (non-hydrogen) atoms. The van der Waals surface area contributed by atoms with E-state index in [1.165, 1.54) is 28.6 Å². The van der Waals surface area contributed by atoms with Gasteiger partial charge in [-0.3, -0.25) is 19.1 Å². The Morgan fingerprint density at radius 1 is 0.773 bits per heavy atom. The normalized spacial score (nSPS) is 16.1. The molecule has 0 saturated heterocycles. The van der Waals surface area contributed by atoms with E-state index >= 15 is 0 Å². The Morgan fingerprint density at radius 2 is 1.44 bits per heavy atom. The number of benzene rings is 2. The summed E-state index contributed by atoms with van der Waals surface area (Å²) in [7, 11) is -4.38. The third kappa shape index (κ3) is 14.1. The van der Waals surface area contributed by atoms with Crippen LogP contribution in [0.15, 0.2) is 94.3 Å². The molecular formula is C53H72N5O7S+. The lowest BCUT2D eigenvalue weighted by atomic mass is 9.81. The monoisotopic (exact) mass is 923 g/mol. The number of aliphatic carboxylic acids is 1. The van der Waals surface area contributed by atoms with Gasteiger partial charge in [-0.15, -0.1) is 0 Å². The summed E-state index contributed by atoms with van der Waals surface area (Å²) in [5.74, 6) is 0.585. The van der Waals surface area contributed by atoms with Crippen LogP contribution >= 0.6 is 0 Å². The number of rotatable bonds is 27. The molecule has 0 fully saturated rings. The average Bonchev–Trinajstić information content (AvgIpc) is 3.59. The van der Waals surface area contributed by atoms with E-state index in [1.807, 2.05) is 18.2 Å². The molecule has 0 bridgehead atoms. The molecule has 0 spiro atoms. The summed E-state index contributed by atoms with van der Waals surface area (Å²) in [5.41, 5.74) is 6.94. The van der Waals surface area contributed by atoms with Crippen molar-refractivity contribution in [1.29, 1.82) is 0 Å². The summed E-state index contributed by atoms with van der Waals surface area (Å²) in [6.07, 6.45) is 27.2. The maximum atomic E-state index is 12.8. The first-order chi connectivity index (χ1) is 31.4. The number of hydrogen-bond donors (Lipinski definition) is 3. The number of nitrogens with zero attached hydrogens (tertiary/aromatic N) is 4. The molecule has 0 unspecified atom stereocenters. The number of aromatic nitrogens is 3. The summed E-state index contributed by atoms with van der Waals surface area (Å²) >= 11 is 0. The number of carbonyl (C=O) groups is 2. The van der Waals surface area contributed by atoms with E-state index < -0.39 is 27.2 Å². The zero-order chi connectivity index (χ0) is 47.9. The molecule has 3 aromatic rings. The number of unbranched alkanes of at least 4 members (excludes halogenated alkanes) is 8. The lowest BCUT2D eigenvalue weighted by Gasteiger charge is -2.27. The van der Waals surface area contributed by atoms with Gasteiger partial charge in [0, 0.05) is 79.6 Å². The molecule has 12 nitrogen and oxygen atoms in total. The van der Waals surface area contributed by atoms with E-state index in [9.17, 15) is 27.4 Å². The second kappa shape index (κ2) is 24.0. The van der Waals surface area contributed by atoms with Crippen LogP contribution in [0.25, 0.3) is 0 Å². The van der Waals surface area contributed by atoms with E-state index in [2.05, 4.69) is 108 Å². The first kappa shape index (κ1) is 51.7. The van der Waals surface area contributed by atoms with Gasteiger partial charge < -0.3 is 10.0 Å². The van der Waals surface area contributed by atoms with Crippen molar-refractivity contribution in [3.63, 3.8) is 0 Å².